The smallest absolute Gasteiger partial charge is 0.261 e. The lowest BCUT2D eigenvalue weighted by Gasteiger charge is -2.49. The summed E-state index contributed by atoms with van der Waals surface area (Å²) in [7, 11) is -2.00. The van der Waals surface area contributed by atoms with Gasteiger partial charge in [-0.25, -0.2) is 0 Å². The van der Waals surface area contributed by atoms with Crippen LogP contribution in [0.4, 0.5) is 0 Å². The molecule has 152 valence electrons. The predicted octanol–water partition coefficient (Wildman–Crippen LogP) is 5.44. The Labute approximate surface area is 174 Å². The standard InChI is InChI=1S/C24H29NO3Si/c1-5-18-14-12-13-17-20(18)23(26)25-21(19-15-10-9-11-16-19)22(24(25)27)28-29(6-2,7-3)8-4/h5,9-17,21-22H,1,6-8H2,2-4H3/t21-,22+/m0/s1. The number of likely N-dealkylation sites (tertiary alicyclic amines) is 1. The molecular formula is C24H29NO3Si. The fraction of sp³-hybridized carbons (Fsp3) is 0.333. The van der Waals surface area contributed by atoms with E-state index in [1.54, 1.807) is 18.2 Å². The highest BCUT2D eigenvalue weighted by molar-refractivity contribution is 6.73. The Morgan fingerprint density at radius 3 is 2.21 bits per heavy atom. The van der Waals surface area contributed by atoms with Crippen molar-refractivity contribution in [2.24, 2.45) is 0 Å². The number of imide groups is 1. The van der Waals surface area contributed by atoms with Crippen LogP contribution in [0.2, 0.25) is 18.1 Å². The molecule has 2 atom stereocenters. The van der Waals surface area contributed by atoms with Crippen LogP contribution in [0.15, 0.2) is 61.2 Å². The number of carbonyl (C=O) groups is 2. The second-order valence-electron chi connectivity index (χ2n) is 7.44. The van der Waals surface area contributed by atoms with Crippen LogP contribution in [0.3, 0.4) is 0 Å². The average Bonchev–Trinajstić information content (AvgIpc) is 2.78. The first-order chi connectivity index (χ1) is 14.0. The van der Waals surface area contributed by atoms with Gasteiger partial charge in [0.2, 0.25) is 0 Å². The Hall–Kier alpha value is -2.50. The second kappa shape index (κ2) is 8.89. The number of rotatable bonds is 8. The predicted molar refractivity (Wildman–Crippen MR) is 119 cm³/mol. The molecule has 29 heavy (non-hydrogen) atoms. The van der Waals surface area contributed by atoms with Gasteiger partial charge in [0.25, 0.3) is 11.8 Å². The van der Waals surface area contributed by atoms with Gasteiger partial charge in [-0.1, -0.05) is 82.0 Å². The molecule has 0 spiro atoms. The molecule has 4 nitrogen and oxygen atoms in total. The fourth-order valence-electron chi connectivity index (χ4n) is 4.05. The lowest BCUT2D eigenvalue weighted by molar-refractivity contribution is -0.158. The van der Waals surface area contributed by atoms with E-state index in [0.29, 0.717) is 5.56 Å². The monoisotopic (exact) mass is 407 g/mol. The summed E-state index contributed by atoms with van der Waals surface area (Å²) in [5, 5.41) is 0. The Balaban J connectivity index is 1.98. The normalized spacial score (nSPS) is 19.0. The van der Waals surface area contributed by atoms with Gasteiger partial charge in [-0.15, -0.1) is 0 Å². The summed E-state index contributed by atoms with van der Waals surface area (Å²) < 4.78 is 6.55. The molecule has 0 aliphatic carbocycles. The van der Waals surface area contributed by atoms with Gasteiger partial charge in [0, 0.05) is 5.56 Å². The summed E-state index contributed by atoms with van der Waals surface area (Å²) >= 11 is 0. The van der Waals surface area contributed by atoms with Crippen molar-refractivity contribution in [1.29, 1.82) is 0 Å². The highest BCUT2D eigenvalue weighted by atomic mass is 28.4. The number of carbonyl (C=O) groups excluding carboxylic acids is 2. The lowest BCUT2D eigenvalue weighted by atomic mass is 9.89. The molecule has 0 aromatic heterocycles. The minimum absolute atomic E-state index is 0.241. The molecule has 3 rings (SSSR count). The third-order valence-electron chi connectivity index (χ3n) is 6.13. The van der Waals surface area contributed by atoms with Crippen LogP contribution in [0.1, 0.15) is 48.3 Å². The summed E-state index contributed by atoms with van der Waals surface area (Å²) in [6.07, 6.45) is 1.05. The maximum absolute atomic E-state index is 13.3. The van der Waals surface area contributed by atoms with Crippen molar-refractivity contribution in [2.75, 3.05) is 0 Å². The molecule has 1 aliphatic rings. The van der Waals surface area contributed by atoms with E-state index in [0.717, 1.165) is 29.3 Å². The Bertz CT molecular complexity index is 884. The zero-order chi connectivity index (χ0) is 21.0. The molecule has 1 fully saturated rings. The molecule has 0 N–H and O–H groups in total. The molecule has 0 bridgehead atoms. The summed E-state index contributed by atoms with van der Waals surface area (Å²) in [6.45, 7) is 10.2. The van der Waals surface area contributed by atoms with Crippen molar-refractivity contribution in [3.8, 4) is 0 Å². The first-order valence-electron chi connectivity index (χ1n) is 10.3. The first kappa shape index (κ1) is 21.2. The van der Waals surface area contributed by atoms with Crippen molar-refractivity contribution >= 4 is 26.2 Å². The quantitative estimate of drug-likeness (QED) is 0.332. The SMILES string of the molecule is C=Cc1ccccc1C(=O)N1C(=O)[C@H](O[Si](CC)(CC)CC)[C@@H]1c1ccccc1. The van der Waals surface area contributed by atoms with Gasteiger partial charge in [-0.2, -0.15) is 0 Å². The van der Waals surface area contributed by atoms with Crippen molar-refractivity contribution in [3.05, 3.63) is 77.9 Å². The van der Waals surface area contributed by atoms with Gasteiger partial charge >= 0.3 is 0 Å². The third kappa shape index (κ3) is 3.85. The molecule has 5 heteroatoms. The minimum atomic E-state index is -2.00. The van der Waals surface area contributed by atoms with Crippen LogP contribution in [-0.2, 0) is 9.22 Å². The Kier molecular flexibility index (Phi) is 6.50. The van der Waals surface area contributed by atoms with E-state index in [-0.39, 0.29) is 11.8 Å². The van der Waals surface area contributed by atoms with Crippen LogP contribution in [0.25, 0.3) is 6.08 Å². The molecule has 1 saturated heterocycles. The van der Waals surface area contributed by atoms with Crippen LogP contribution >= 0.6 is 0 Å². The van der Waals surface area contributed by atoms with Gasteiger partial charge in [-0.3, -0.25) is 14.5 Å². The molecule has 1 heterocycles. The van der Waals surface area contributed by atoms with E-state index in [1.807, 2.05) is 42.5 Å². The molecule has 0 radical (unpaired) electrons. The van der Waals surface area contributed by atoms with E-state index in [9.17, 15) is 9.59 Å². The van der Waals surface area contributed by atoms with Gasteiger partial charge in [-0.05, 0) is 35.3 Å². The molecule has 2 amide bonds. The van der Waals surface area contributed by atoms with Crippen LogP contribution in [-0.4, -0.2) is 31.1 Å². The van der Waals surface area contributed by atoms with Crippen molar-refractivity contribution in [2.45, 2.75) is 51.0 Å². The van der Waals surface area contributed by atoms with E-state index < -0.39 is 20.5 Å². The number of hydrogen-bond acceptors (Lipinski definition) is 3. The topological polar surface area (TPSA) is 46.6 Å². The molecule has 0 unspecified atom stereocenters. The van der Waals surface area contributed by atoms with Gasteiger partial charge in [0.05, 0.1) is 6.04 Å². The molecular weight excluding hydrogens is 378 g/mol. The Morgan fingerprint density at radius 1 is 1.03 bits per heavy atom. The van der Waals surface area contributed by atoms with Gasteiger partial charge in [0.15, 0.2) is 14.4 Å². The van der Waals surface area contributed by atoms with Crippen LogP contribution in [0.5, 0.6) is 0 Å². The Morgan fingerprint density at radius 2 is 1.62 bits per heavy atom. The average molecular weight is 408 g/mol. The highest BCUT2D eigenvalue weighted by Gasteiger charge is 2.54. The van der Waals surface area contributed by atoms with Gasteiger partial charge < -0.3 is 4.43 Å². The lowest BCUT2D eigenvalue weighted by Crippen LogP contribution is -2.64. The van der Waals surface area contributed by atoms with E-state index in [4.69, 9.17) is 4.43 Å². The second-order valence-corrected chi connectivity index (χ2v) is 12.2. The van der Waals surface area contributed by atoms with Crippen molar-refractivity contribution in [3.63, 3.8) is 0 Å². The maximum atomic E-state index is 13.3. The zero-order valence-corrected chi connectivity index (χ0v) is 18.4. The van der Waals surface area contributed by atoms with Crippen molar-refractivity contribution < 1.29 is 14.0 Å². The summed E-state index contributed by atoms with van der Waals surface area (Å²) in [5.41, 5.74) is 2.13. The molecule has 2 aromatic carbocycles. The number of benzene rings is 2. The summed E-state index contributed by atoms with van der Waals surface area (Å²) in [6, 6.07) is 19.4. The number of β-lactam (4-membered cyclic amide) rings is 1. The van der Waals surface area contributed by atoms with E-state index in [1.165, 1.54) is 4.90 Å². The van der Waals surface area contributed by atoms with Gasteiger partial charge in [0.1, 0.15) is 0 Å². The highest BCUT2D eigenvalue weighted by Crippen LogP contribution is 2.41. The van der Waals surface area contributed by atoms with Crippen LogP contribution < -0.4 is 0 Å². The molecule has 2 aromatic rings. The van der Waals surface area contributed by atoms with E-state index >= 15 is 0 Å². The summed E-state index contributed by atoms with van der Waals surface area (Å²) in [5.74, 6) is -0.536. The van der Waals surface area contributed by atoms with Crippen LogP contribution in [0, 0.1) is 0 Å². The largest absolute Gasteiger partial charge is 0.403 e. The van der Waals surface area contributed by atoms with Crippen molar-refractivity contribution in [1.82, 2.24) is 4.90 Å². The maximum Gasteiger partial charge on any atom is 0.261 e. The molecule has 0 saturated carbocycles. The fourth-order valence-corrected chi connectivity index (χ4v) is 6.82. The first-order valence-corrected chi connectivity index (χ1v) is 12.9. The third-order valence-corrected chi connectivity index (χ3v) is 10.7. The zero-order valence-electron chi connectivity index (χ0n) is 17.4. The molecule has 1 aliphatic heterocycles. The number of nitrogens with zero attached hydrogens (tertiary/aromatic N) is 1. The summed E-state index contributed by atoms with van der Waals surface area (Å²) in [4.78, 5) is 27.9. The number of amides is 2. The number of hydrogen-bond donors (Lipinski definition) is 0. The van der Waals surface area contributed by atoms with E-state index in [2.05, 4.69) is 27.4 Å². The minimum Gasteiger partial charge on any atom is -0.403 e.